The van der Waals surface area contributed by atoms with E-state index in [1.165, 1.54) is 11.3 Å². The molecule has 1 aromatic heterocycles. The summed E-state index contributed by atoms with van der Waals surface area (Å²) in [5, 5.41) is 1.43. The highest BCUT2D eigenvalue weighted by atomic mass is 35.5. The Kier molecular flexibility index (Phi) is 3.70. The molecule has 0 atom stereocenters. The van der Waals surface area contributed by atoms with Gasteiger partial charge in [-0.05, 0) is 18.2 Å². The molecule has 0 aliphatic carbocycles. The standard InChI is InChI=1S/C13H13ClN2O2S2/c14-8-1-2-10-9(7-8)11(15)12(19-10)13(17)16-3-5-20(18)6-4-16/h1-2,7H,3-6,15H2. The van der Waals surface area contributed by atoms with E-state index in [-0.39, 0.29) is 5.91 Å². The van der Waals surface area contributed by atoms with E-state index in [0.29, 0.717) is 40.2 Å². The molecule has 2 heterocycles. The number of amides is 1. The molecule has 2 aromatic rings. The van der Waals surface area contributed by atoms with Crippen molar-refractivity contribution >= 4 is 55.4 Å². The number of fused-ring (bicyclic) bond motifs is 1. The van der Waals surface area contributed by atoms with E-state index < -0.39 is 10.8 Å². The summed E-state index contributed by atoms with van der Waals surface area (Å²) in [7, 11) is -0.796. The Morgan fingerprint density at radius 1 is 1.35 bits per heavy atom. The minimum absolute atomic E-state index is 0.0727. The number of nitrogens with two attached hydrogens (primary N) is 1. The van der Waals surface area contributed by atoms with Gasteiger partial charge in [0.2, 0.25) is 0 Å². The normalized spacial score (nSPS) is 16.8. The van der Waals surface area contributed by atoms with Gasteiger partial charge < -0.3 is 10.6 Å². The van der Waals surface area contributed by atoms with Gasteiger partial charge in [-0.3, -0.25) is 9.00 Å². The van der Waals surface area contributed by atoms with E-state index in [9.17, 15) is 9.00 Å². The number of nitrogen functional groups attached to an aromatic ring is 1. The van der Waals surface area contributed by atoms with Crippen LogP contribution in [-0.4, -0.2) is 39.6 Å². The molecule has 7 heteroatoms. The zero-order valence-corrected chi connectivity index (χ0v) is 13.0. The van der Waals surface area contributed by atoms with Crippen molar-refractivity contribution in [3.8, 4) is 0 Å². The fourth-order valence-electron chi connectivity index (χ4n) is 2.23. The molecular weight excluding hydrogens is 316 g/mol. The molecule has 0 spiro atoms. The number of rotatable bonds is 1. The van der Waals surface area contributed by atoms with Crippen molar-refractivity contribution in [3.05, 3.63) is 28.1 Å². The second-order valence-electron chi connectivity index (χ2n) is 4.63. The summed E-state index contributed by atoms with van der Waals surface area (Å²) in [6.45, 7) is 1.06. The summed E-state index contributed by atoms with van der Waals surface area (Å²) >= 11 is 7.35. The van der Waals surface area contributed by atoms with Crippen LogP contribution in [0.1, 0.15) is 9.67 Å². The highest BCUT2D eigenvalue weighted by molar-refractivity contribution is 7.85. The van der Waals surface area contributed by atoms with Crippen LogP contribution < -0.4 is 5.73 Å². The molecule has 0 saturated carbocycles. The Morgan fingerprint density at radius 2 is 2.05 bits per heavy atom. The van der Waals surface area contributed by atoms with Crippen LogP contribution in [0.2, 0.25) is 5.02 Å². The second kappa shape index (κ2) is 5.35. The number of hydrogen-bond acceptors (Lipinski definition) is 4. The molecule has 1 saturated heterocycles. The van der Waals surface area contributed by atoms with Crippen molar-refractivity contribution in [3.63, 3.8) is 0 Å². The van der Waals surface area contributed by atoms with E-state index in [4.69, 9.17) is 17.3 Å². The predicted molar refractivity (Wildman–Crippen MR) is 85.0 cm³/mol. The van der Waals surface area contributed by atoms with Gasteiger partial charge in [-0.25, -0.2) is 0 Å². The van der Waals surface area contributed by atoms with Gasteiger partial charge in [-0.2, -0.15) is 0 Å². The lowest BCUT2D eigenvalue weighted by Gasteiger charge is -2.25. The number of thiophene rings is 1. The number of carbonyl (C=O) groups is 1. The van der Waals surface area contributed by atoms with Gasteiger partial charge in [-0.15, -0.1) is 11.3 Å². The van der Waals surface area contributed by atoms with Crippen molar-refractivity contribution in [2.45, 2.75) is 0 Å². The zero-order chi connectivity index (χ0) is 14.3. The van der Waals surface area contributed by atoms with Gasteiger partial charge in [0.05, 0.1) is 5.69 Å². The van der Waals surface area contributed by atoms with Crippen LogP contribution in [0.15, 0.2) is 18.2 Å². The number of halogens is 1. The Bertz CT molecular complexity index is 704. The molecule has 2 N–H and O–H groups in total. The first-order valence-corrected chi connectivity index (χ1v) is 8.86. The number of benzene rings is 1. The highest BCUT2D eigenvalue weighted by Crippen LogP contribution is 2.36. The Balaban J connectivity index is 1.95. The lowest BCUT2D eigenvalue weighted by atomic mass is 10.2. The maximum absolute atomic E-state index is 12.5. The second-order valence-corrected chi connectivity index (χ2v) is 7.81. The van der Waals surface area contributed by atoms with Crippen LogP contribution in [0.3, 0.4) is 0 Å². The van der Waals surface area contributed by atoms with Crippen LogP contribution in [0, 0.1) is 0 Å². The molecule has 1 aliphatic rings. The predicted octanol–water partition coefficient (Wildman–Crippen LogP) is 2.34. The van der Waals surface area contributed by atoms with Crippen molar-refractivity contribution in [2.75, 3.05) is 30.3 Å². The van der Waals surface area contributed by atoms with E-state index in [1.54, 1.807) is 17.0 Å². The summed E-state index contributed by atoms with van der Waals surface area (Å²) in [6, 6.07) is 5.45. The van der Waals surface area contributed by atoms with Crippen LogP contribution in [0.25, 0.3) is 10.1 Å². The molecule has 1 fully saturated rings. The van der Waals surface area contributed by atoms with Crippen molar-refractivity contribution < 1.29 is 9.00 Å². The van der Waals surface area contributed by atoms with E-state index in [1.807, 2.05) is 6.07 Å². The first kappa shape index (κ1) is 13.9. The maximum atomic E-state index is 12.5. The molecule has 20 heavy (non-hydrogen) atoms. The fraction of sp³-hybridized carbons (Fsp3) is 0.308. The third kappa shape index (κ3) is 2.43. The number of carbonyl (C=O) groups excluding carboxylic acids is 1. The smallest absolute Gasteiger partial charge is 0.266 e. The van der Waals surface area contributed by atoms with E-state index in [0.717, 1.165) is 10.1 Å². The van der Waals surface area contributed by atoms with E-state index in [2.05, 4.69) is 0 Å². The van der Waals surface area contributed by atoms with Crippen molar-refractivity contribution in [1.29, 1.82) is 0 Å². The Morgan fingerprint density at radius 3 is 2.75 bits per heavy atom. The van der Waals surface area contributed by atoms with E-state index >= 15 is 0 Å². The third-order valence-corrected chi connectivity index (χ3v) is 6.03. The maximum Gasteiger partial charge on any atom is 0.266 e. The molecule has 1 aromatic carbocycles. The van der Waals surface area contributed by atoms with Crippen LogP contribution in [0.5, 0.6) is 0 Å². The summed E-state index contributed by atoms with van der Waals surface area (Å²) in [5.41, 5.74) is 6.58. The average molecular weight is 329 g/mol. The summed E-state index contributed by atoms with van der Waals surface area (Å²) < 4.78 is 12.3. The van der Waals surface area contributed by atoms with Crippen LogP contribution >= 0.6 is 22.9 Å². The molecule has 0 radical (unpaired) electrons. The van der Waals surface area contributed by atoms with Gasteiger partial charge >= 0.3 is 0 Å². The number of anilines is 1. The van der Waals surface area contributed by atoms with Gasteiger partial charge in [0.1, 0.15) is 4.88 Å². The molecule has 1 aliphatic heterocycles. The fourth-order valence-corrected chi connectivity index (χ4v) is 4.53. The zero-order valence-electron chi connectivity index (χ0n) is 10.6. The molecule has 0 bridgehead atoms. The molecule has 4 nitrogen and oxygen atoms in total. The highest BCUT2D eigenvalue weighted by Gasteiger charge is 2.25. The average Bonchev–Trinajstić information content (AvgIpc) is 2.76. The largest absolute Gasteiger partial charge is 0.397 e. The minimum Gasteiger partial charge on any atom is -0.397 e. The monoisotopic (exact) mass is 328 g/mol. The summed E-state index contributed by atoms with van der Waals surface area (Å²) in [5.74, 6) is 1.02. The minimum atomic E-state index is -0.796. The lowest BCUT2D eigenvalue weighted by Crippen LogP contribution is -2.41. The molecule has 1 amide bonds. The van der Waals surface area contributed by atoms with Crippen LogP contribution in [-0.2, 0) is 10.8 Å². The van der Waals surface area contributed by atoms with Gasteiger partial charge in [0, 0.05) is 50.5 Å². The quantitative estimate of drug-likeness (QED) is 0.874. The summed E-state index contributed by atoms with van der Waals surface area (Å²) in [4.78, 5) is 14.8. The third-order valence-electron chi connectivity index (χ3n) is 3.35. The molecule has 0 unspecified atom stereocenters. The molecule has 106 valence electrons. The Labute approximate surface area is 128 Å². The summed E-state index contributed by atoms with van der Waals surface area (Å²) in [6.07, 6.45) is 0. The number of nitrogens with zero attached hydrogens (tertiary/aromatic N) is 1. The van der Waals surface area contributed by atoms with Crippen molar-refractivity contribution in [1.82, 2.24) is 4.90 Å². The first-order chi connectivity index (χ1) is 9.56. The molecule has 3 rings (SSSR count). The van der Waals surface area contributed by atoms with Crippen LogP contribution in [0.4, 0.5) is 5.69 Å². The SMILES string of the molecule is Nc1c(C(=O)N2CCS(=O)CC2)sc2ccc(Cl)cc12. The first-order valence-electron chi connectivity index (χ1n) is 6.18. The van der Waals surface area contributed by atoms with Crippen molar-refractivity contribution in [2.24, 2.45) is 0 Å². The molecular formula is C13H13ClN2O2S2. The topological polar surface area (TPSA) is 63.4 Å². The van der Waals surface area contributed by atoms with Gasteiger partial charge in [0.25, 0.3) is 5.91 Å². The lowest BCUT2D eigenvalue weighted by molar-refractivity contribution is 0.0777. The van der Waals surface area contributed by atoms with Gasteiger partial charge in [0.15, 0.2) is 0 Å². The Hall–Kier alpha value is -1.11. The number of hydrogen-bond donors (Lipinski definition) is 1. The van der Waals surface area contributed by atoms with Gasteiger partial charge in [-0.1, -0.05) is 11.6 Å².